The lowest BCUT2D eigenvalue weighted by Gasteiger charge is -2.28. The molecule has 4 aromatic rings. The van der Waals surface area contributed by atoms with E-state index in [1.165, 1.54) is 12.1 Å². The van der Waals surface area contributed by atoms with Crippen LogP contribution in [-0.4, -0.2) is 26.4 Å². The third-order valence-electron chi connectivity index (χ3n) is 5.49. The highest BCUT2D eigenvalue weighted by Gasteiger charge is 2.30. The van der Waals surface area contributed by atoms with Gasteiger partial charge in [-0.3, -0.25) is 9.88 Å². The molecule has 0 aliphatic carbocycles. The summed E-state index contributed by atoms with van der Waals surface area (Å²) >= 11 is 0. The molecule has 162 valence electrons. The quantitative estimate of drug-likeness (QED) is 0.430. The SMILES string of the molecule is FC(F)(F)c1ccc(-c2ncc3c(n2)CCN(Cc2ccc(-c4ccco4)nc2)C3)cc1. The average Bonchev–Trinajstić information content (AvgIpc) is 3.34. The van der Waals surface area contributed by atoms with Gasteiger partial charge in [0, 0.05) is 49.6 Å². The molecular weight excluding hydrogens is 417 g/mol. The van der Waals surface area contributed by atoms with E-state index in [0.717, 1.165) is 59.9 Å². The summed E-state index contributed by atoms with van der Waals surface area (Å²) in [5, 5.41) is 0. The third-order valence-corrected chi connectivity index (χ3v) is 5.49. The van der Waals surface area contributed by atoms with Gasteiger partial charge >= 0.3 is 6.18 Å². The number of rotatable bonds is 4. The van der Waals surface area contributed by atoms with Crippen LogP contribution >= 0.6 is 0 Å². The fourth-order valence-corrected chi connectivity index (χ4v) is 3.80. The van der Waals surface area contributed by atoms with Gasteiger partial charge in [0.25, 0.3) is 0 Å². The van der Waals surface area contributed by atoms with E-state index < -0.39 is 11.7 Å². The smallest absolute Gasteiger partial charge is 0.416 e. The Labute approximate surface area is 182 Å². The first kappa shape index (κ1) is 20.4. The molecule has 0 saturated carbocycles. The van der Waals surface area contributed by atoms with Crippen molar-refractivity contribution < 1.29 is 17.6 Å². The van der Waals surface area contributed by atoms with Crippen LogP contribution in [0.15, 0.2) is 71.6 Å². The lowest BCUT2D eigenvalue weighted by atomic mass is 10.1. The number of hydrogen-bond acceptors (Lipinski definition) is 5. The van der Waals surface area contributed by atoms with Crippen molar-refractivity contribution in [3.05, 3.63) is 89.6 Å². The monoisotopic (exact) mass is 436 g/mol. The molecule has 0 radical (unpaired) electrons. The minimum atomic E-state index is -4.35. The predicted octanol–water partition coefficient (Wildman–Crippen LogP) is 5.38. The summed E-state index contributed by atoms with van der Waals surface area (Å²) in [6.45, 7) is 2.30. The zero-order valence-corrected chi connectivity index (χ0v) is 17.0. The van der Waals surface area contributed by atoms with Gasteiger partial charge in [-0.2, -0.15) is 13.2 Å². The van der Waals surface area contributed by atoms with Crippen LogP contribution in [0, 0.1) is 0 Å². The number of benzene rings is 1. The molecule has 5 rings (SSSR count). The molecule has 0 atom stereocenters. The minimum absolute atomic E-state index is 0.448. The van der Waals surface area contributed by atoms with Gasteiger partial charge in [-0.15, -0.1) is 0 Å². The van der Waals surface area contributed by atoms with Crippen molar-refractivity contribution in [3.63, 3.8) is 0 Å². The van der Waals surface area contributed by atoms with Crippen molar-refractivity contribution in [1.29, 1.82) is 0 Å². The number of furan rings is 1. The molecule has 5 nitrogen and oxygen atoms in total. The first-order valence-corrected chi connectivity index (χ1v) is 10.2. The molecule has 3 aromatic heterocycles. The van der Waals surface area contributed by atoms with Crippen LogP contribution in [0.25, 0.3) is 22.8 Å². The Bertz CT molecular complexity index is 1200. The van der Waals surface area contributed by atoms with Crippen molar-refractivity contribution in [1.82, 2.24) is 19.9 Å². The zero-order valence-electron chi connectivity index (χ0n) is 17.0. The Kier molecular flexibility index (Phi) is 5.22. The third kappa shape index (κ3) is 4.27. The van der Waals surface area contributed by atoms with Gasteiger partial charge in [0.15, 0.2) is 11.6 Å². The molecule has 0 spiro atoms. The fraction of sp³-hybridized carbons (Fsp3) is 0.208. The number of alkyl halides is 3. The second-order valence-electron chi connectivity index (χ2n) is 7.73. The first-order chi connectivity index (χ1) is 15.5. The van der Waals surface area contributed by atoms with Crippen LogP contribution in [-0.2, 0) is 25.7 Å². The van der Waals surface area contributed by atoms with Crippen LogP contribution in [0.4, 0.5) is 13.2 Å². The fourth-order valence-electron chi connectivity index (χ4n) is 3.80. The van der Waals surface area contributed by atoms with Gasteiger partial charge in [0.05, 0.1) is 17.5 Å². The van der Waals surface area contributed by atoms with Gasteiger partial charge < -0.3 is 4.42 Å². The largest absolute Gasteiger partial charge is 0.463 e. The summed E-state index contributed by atoms with van der Waals surface area (Å²) in [6, 6.07) is 12.7. The normalized spacial score (nSPS) is 14.3. The highest BCUT2D eigenvalue weighted by Crippen LogP contribution is 2.30. The molecule has 0 fully saturated rings. The van der Waals surface area contributed by atoms with Gasteiger partial charge in [-0.1, -0.05) is 18.2 Å². The Morgan fingerprint density at radius 1 is 0.969 bits per heavy atom. The summed E-state index contributed by atoms with van der Waals surface area (Å²) in [5.41, 5.74) is 3.77. The summed E-state index contributed by atoms with van der Waals surface area (Å²) in [5.74, 6) is 1.19. The van der Waals surface area contributed by atoms with Gasteiger partial charge in [-0.05, 0) is 35.9 Å². The van der Waals surface area contributed by atoms with E-state index in [2.05, 4.69) is 19.9 Å². The van der Waals surface area contributed by atoms with Gasteiger partial charge in [-0.25, -0.2) is 9.97 Å². The minimum Gasteiger partial charge on any atom is -0.463 e. The topological polar surface area (TPSA) is 55.1 Å². The molecular formula is C24H19F3N4O. The van der Waals surface area contributed by atoms with Crippen molar-refractivity contribution in [3.8, 4) is 22.8 Å². The zero-order chi connectivity index (χ0) is 22.1. The molecule has 0 unspecified atom stereocenters. The van der Waals surface area contributed by atoms with Crippen LogP contribution < -0.4 is 0 Å². The number of fused-ring (bicyclic) bond motifs is 1. The lowest BCUT2D eigenvalue weighted by Crippen LogP contribution is -2.31. The van der Waals surface area contributed by atoms with Crippen molar-refractivity contribution in [2.75, 3.05) is 6.54 Å². The van der Waals surface area contributed by atoms with E-state index >= 15 is 0 Å². The predicted molar refractivity (Wildman–Crippen MR) is 112 cm³/mol. The van der Waals surface area contributed by atoms with Crippen LogP contribution in [0.3, 0.4) is 0 Å². The summed E-state index contributed by atoms with van der Waals surface area (Å²) in [4.78, 5) is 15.8. The van der Waals surface area contributed by atoms with E-state index in [9.17, 15) is 13.2 Å². The molecule has 4 heterocycles. The van der Waals surface area contributed by atoms with Gasteiger partial charge in [0.1, 0.15) is 5.69 Å². The lowest BCUT2D eigenvalue weighted by molar-refractivity contribution is -0.137. The number of pyridine rings is 1. The van der Waals surface area contributed by atoms with E-state index in [1.54, 1.807) is 12.5 Å². The summed E-state index contributed by atoms with van der Waals surface area (Å²) in [7, 11) is 0. The standard InChI is InChI=1S/C24H19F3N4O/c25-24(26,27)19-6-4-17(5-7-19)23-29-13-18-15-31(10-9-20(18)30-23)14-16-3-8-21(28-12-16)22-2-1-11-32-22/h1-8,11-13H,9-10,14-15H2. The molecule has 0 N–H and O–H groups in total. The Hall–Kier alpha value is -3.52. The average molecular weight is 436 g/mol. The summed E-state index contributed by atoms with van der Waals surface area (Å²) in [6.07, 6.45) is 1.66. The summed E-state index contributed by atoms with van der Waals surface area (Å²) < 4.78 is 43.7. The molecule has 1 aliphatic heterocycles. The maximum Gasteiger partial charge on any atom is 0.416 e. The Balaban J connectivity index is 1.26. The van der Waals surface area contributed by atoms with E-state index in [4.69, 9.17) is 4.42 Å². The van der Waals surface area contributed by atoms with Crippen molar-refractivity contribution >= 4 is 0 Å². The second kappa shape index (κ2) is 8.20. The maximum atomic E-state index is 12.8. The molecule has 0 bridgehead atoms. The maximum absolute atomic E-state index is 12.8. The highest BCUT2D eigenvalue weighted by atomic mass is 19.4. The van der Waals surface area contributed by atoms with Gasteiger partial charge in [0.2, 0.25) is 0 Å². The number of aromatic nitrogens is 3. The number of halogens is 3. The van der Waals surface area contributed by atoms with Crippen molar-refractivity contribution in [2.45, 2.75) is 25.7 Å². The van der Waals surface area contributed by atoms with E-state index in [1.807, 2.05) is 30.5 Å². The van der Waals surface area contributed by atoms with Crippen LogP contribution in [0.1, 0.15) is 22.4 Å². The van der Waals surface area contributed by atoms with E-state index in [-0.39, 0.29) is 0 Å². The highest BCUT2D eigenvalue weighted by molar-refractivity contribution is 5.56. The second-order valence-corrected chi connectivity index (χ2v) is 7.73. The number of hydrogen-bond donors (Lipinski definition) is 0. The van der Waals surface area contributed by atoms with Crippen LogP contribution in [0.2, 0.25) is 0 Å². The Morgan fingerprint density at radius 2 is 1.81 bits per heavy atom. The van der Waals surface area contributed by atoms with Crippen molar-refractivity contribution in [2.24, 2.45) is 0 Å². The Morgan fingerprint density at radius 3 is 2.50 bits per heavy atom. The molecule has 1 aromatic carbocycles. The molecule has 8 heteroatoms. The van der Waals surface area contributed by atoms with E-state index in [0.29, 0.717) is 17.9 Å². The molecule has 0 saturated heterocycles. The molecule has 0 amide bonds. The first-order valence-electron chi connectivity index (χ1n) is 10.2. The number of nitrogens with zero attached hydrogens (tertiary/aromatic N) is 4. The van der Waals surface area contributed by atoms with Crippen LogP contribution in [0.5, 0.6) is 0 Å². The molecule has 32 heavy (non-hydrogen) atoms. The molecule has 1 aliphatic rings.